The minimum atomic E-state index is -1.68. The number of ether oxygens (including phenoxy) is 3. The third kappa shape index (κ3) is 6.36. The minimum Gasteiger partial charge on any atom is -0.367 e. The number of aliphatic hydroxyl groups is 1. The lowest BCUT2D eigenvalue weighted by Gasteiger charge is -2.38. The van der Waals surface area contributed by atoms with Gasteiger partial charge in [0.25, 0.3) is 0 Å². The van der Waals surface area contributed by atoms with Crippen LogP contribution in [0.2, 0.25) is 0 Å². The van der Waals surface area contributed by atoms with Gasteiger partial charge in [0.15, 0.2) is 0 Å². The Morgan fingerprint density at radius 2 is 1.29 bits per heavy atom. The molecule has 1 atom stereocenters. The number of hydrogen-bond acceptors (Lipinski definition) is 4. The summed E-state index contributed by atoms with van der Waals surface area (Å²) in [6.45, 7) is 13.2. The summed E-state index contributed by atoms with van der Waals surface area (Å²) < 4.78 is 16.7. The highest BCUT2D eigenvalue weighted by Gasteiger charge is 2.41. The Hall–Kier alpha value is -0.160. The quantitative estimate of drug-likeness (QED) is 0.671. The van der Waals surface area contributed by atoms with E-state index in [1.165, 1.54) is 0 Å². The van der Waals surface area contributed by atoms with Crippen LogP contribution in [-0.4, -0.2) is 35.5 Å². The molecule has 0 fully saturated rings. The molecule has 0 aromatic carbocycles. The van der Waals surface area contributed by atoms with Crippen molar-refractivity contribution >= 4 is 0 Å². The summed E-state index contributed by atoms with van der Waals surface area (Å²) in [6.07, 6.45) is -0.133. The van der Waals surface area contributed by atoms with Crippen molar-refractivity contribution in [3.63, 3.8) is 0 Å². The average Bonchev–Trinajstić information content (AvgIpc) is 2.10. The summed E-state index contributed by atoms with van der Waals surface area (Å²) in [7, 11) is 0. The Labute approximate surface area is 105 Å². The van der Waals surface area contributed by atoms with Gasteiger partial charge >= 0.3 is 5.97 Å². The monoisotopic (exact) mass is 248 g/mol. The van der Waals surface area contributed by atoms with Gasteiger partial charge in [0, 0.05) is 0 Å². The predicted octanol–water partition coefficient (Wildman–Crippen LogP) is 2.69. The van der Waals surface area contributed by atoms with E-state index in [0.717, 1.165) is 0 Å². The molecule has 0 amide bonds. The largest absolute Gasteiger partial charge is 0.367 e. The molecule has 104 valence electrons. The fraction of sp³-hybridized carbons (Fsp3) is 1.00. The van der Waals surface area contributed by atoms with E-state index in [0.29, 0.717) is 6.42 Å². The Kier molecular flexibility index (Phi) is 7.24. The molecule has 0 aliphatic heterocycles. The van der Waals surface area contributed by atoms with Crippen LogP contribution in [0.25, 0.3) is 0 Å². The first-order chi connectivity index (χ1) is 7.71. The summed E-state index contributed by atoms with van der Waals surface area (Å²) >= 11 is 0. The maximum atomic E-state index is 10.5. The van der Waals surface area contributed by atoms with Gasteiger partial charge in [-0.3, -0.25) is 0 Å². The summed E-state index contributed by atoms with van der Waals surface area (Å²) in [5.41, 5.74) is 0. The van der Waals surface area contributed by atoms with Crippen LogP contribution in [-0.2, 0) is 14.2 Å². The molecule has 0 aromatic heterocycles. The Bertz CT molecular complexity index is 192. The lowest BCUT2D eigenvalue weighted by atomic mass is 10.2. The molecular weight excluding hydrogens is 220 g/mol. The topological polar surface area (TPSA) is 47.9 Å². The molecule has 0 aliphatic rings. The molecule has 1 unspecified atom stereocenters. The molecule has 4 nitrogen and oxygen atoms in total. The van der Waals surface area contributed by atoms with Crippen molar-refractivity contribution < 1.29 is 19.3 Å². The molecular formula is C13H28O4. The van der Waals surface area contributed by atoms with E-state index in [2.05, 4.69) is 0 Å². The van der Waals surface area contributed by atoms with E-state index in [9.17, 15) is 5.11 Å². The zero-order valence-electron chi connectivity index (χ0n) is 12.2. The van der Waals surface area contributed by atoms with Gasteiger partial charge in [-0.2, -0.15) is 0 Å². The van der Waals surface area contributed by atoms with Crippen molar-refractivity contribution in [1.29, 1.82) is 0 Å². The third-order valence-electron chi connectivity index (χ3n) is 2.02. The van der Waals surface area contributed by atoms with E-state index in [1.807, 2.05) is 48.5 Å². The van der Waals surface area contributed by atoms with Crippen molar-refractivity contribution in [2.24, 2.45) is 0 Å². The highest BCUT2D eigenvalue weighted by molar-refractivity contribution is 4.71. The van der Waals surface area contributed by atoms with Crippen LogP contribution in [0.3, 0.4) is 0 Å². The summed E-state index contributed by atoms with van der Waals surface area (Å²) in [5.74, 6) is -1.68. The van der Waals surface area contributed by atoms with Gasteiger partial charge < -0.3 is 19.3 Å². The zero-order chi connectivity index (χ0) is 13.6. The molecule has 0 heterocycles. The van der Waals surface area contributed by atoms with Crippen molar-refractivity contribution in [2.75, 3.05) is 0 Å². The summed E-state index contributed by atoms with van der Waals surface area (Å²) in [6, 6.07) is 0. The van der Waals surface area contributed by atoms with Crippen LogP contribution < -0.4 is 0 Å². The molecule has 0 saturated carbocycles. The Balaban J connectivity index is 4.83. The van der Waals surface area contributed by atoms with E-state index < -0.39 is 12.1 Å². The highest BCUT2D eigenvalue weighted by atomic mass is 16.8. The number of hydrogen-bond donors (Lipinski definition) is 1. The number of rotatable bonds is 8. The van der Waals surface area contributed by atoms with Gasteiger partial charge in [0.2, 0.25) is 0 Å². The second kappa shape index (κ2) is 7.31. The first kappa shape index (κ1) is 16.8. The van der Waals surface area contributed by atoms with Crippen molar-refractivity contribution in [1.82, 2.24) is 0 Å². The second-order valence-corrected chi connectivity index (χ2v) is 5.05. The standard InChI is InChI=1S/C13H28O4/c1-8-12(15-9(2)3)13(14,16-10(4)5)17-11(6)7/h9-12,14H,8H2,1-7H3. The van der Waals surface area contributed by atoms with Crippen LogP contribution in [0.4, 0.5) is 0 Å². The molecule has 0 aliphatic carbocycles. The summed E-state index contributed by atoms with van der Waals surface area (Å²) in [5, 5.41) is 10.5. The van der Waals surface area contributed by atoms with Crippen LogP contribution >= 0.6 is 0 Å². The van der Waals surface area contributed by atoms with E-state index in [4.69, 9.17) is 14.2 Å². The normalized spacial score (nSPS) is 15.0. The van der Waals surface area contributed by atoms with E-state index in [-0.39, 0.29) is 18.3 Å². The van der Waals surface area contributed by atoms with Crippen molar-refractivity contribution in [3.8, 4) is 0 Å². The Morgan fingerprint density at radius 1 is 0.882 bits per heavy atom. The van der Waals surface area contributed by atoms with Crippen molar-refractivity contribution in [3.05, 3.63) is 0 Å². The molecule has 4 heteroatoms. The SMILES string of the molecule is CCC(OC(C)C)C(O)(OC(C)C)OC(C)C. The van der Waals surface area contributed by atoms with Gasteiger partial charge in [-0.15, -0.1) is 0 Å². The fourth-order valence-corrected chi connectivity index (χ4v) is 1.62. The summed E-state index contributed by atoms with van der Waals surface area (Å²) in [4.78, 5) is 0. The van der Waals surface area contributed by atoms with Gasteiger partial charge in [0.05, 0.1) is 18.3 Å². The van der Waals surface area contributed by atoms with Crippen molar-refractivity contribution in [2.45, 2.75) is 85.3 Å². The second-order valence-electron chi connectivity index (χ2n) is 5.05. The fourth-order valence-electron chi connectivity index (χ4n) is 1.62. The van der Waals surface area contributed by atoms with E-state index in [1.54, 1.807) is 0 Å². The molecule has 0 spiro atoms. The third-order valence-corrected chi connectivity index (χ3v) is 2.02. The molecule has 0 aromatic rings. The predicted molar refractivity (Wildman–Crippen MR) is 67.7 cm³/mol. The van der Waals surface area contributed by atoms with Gasteiger partial charge in [0.1, 0.15) is 6.10 Å². The van der Waals surface area contributed by atoms with Crippen LogP contribution in [0.15, 0.2) is 0 Å². The smallest absolute Gasteiger partial charge is 0.308 e. The molecule has 1 N–H and O–H groups in total. The van der Waals surface area contributed by atoms with Gasteiger partial charge in [-0.25, -0.2) is 0 Å². The maximum Gasteiger partial charge on any atom is 0.308 e. The molecule has 0 bridgehead atoms. The highest BCUT2D eigenvalue weighted by Crippen LogP contribution is 2.25. The van der Waals surface area contributed by atoms with Crippen LogP contribution in [0, 0.1) is 0 Å². The maximum absolute atomic E-state index is 10.5. The van der Waals surface area contributed by atoms with Gasteiger partial charge in [-0.1, -0.05) is 6.92 Å². The van der Waals surface area contributed by atoms with Crippen LogP contribution in [0.1, 0.15) is 54.9 Å². The molecule has 0 rings (SSSR count). The minimum absolute atomic E-state index is 0.0120. The lowest BCUT2D eigenvalue weighted by molar-refractivity contribution is -0.421. The molecule has 17 heavy (non-hydrogen) atoms. The molecule has 0 saturated heterocycles. The Morgan fingerprint density at radius 3 is 1.53 bits per heavy atom. The lowest BCUT2D eigenvalue weighted by Crippen LogP contribution is -2.52. The van der Waals surface area contributed by atoms with E-state index >= 15 is 0 Å². The average molecular weight is 248 g/mol. The van der Waals surface area contributed by atoms with Gasteiger partial charge in [-0.05, 0) is 48.0 Å². The van der Waals surface area contributed by atoms with Crippen LogP contribution in [0.5, 0.6) is 0 Å². The first-order valence-corrected chi connectivity index (χ1v) is 6.44. The first-order valence-electron chi connectivity index (χ1n) is 6.44. The zero-order valence-corrected chi connectivity index (χ0v) is 12.2. The molecule has 0 radical (unpaired) electrons.